The van der Waals surface area contributed by atoms with Crippen LogP contribution in [0.3, 0.4) is 0 Å². The van der Waals surface area contributed by atoms with Crippen LogP contribution in [0.25, 0.3) is 0 Å². The lowest BCUT2D eigenvalue weighted by molar-refractivity contribution is -0.605. The van der Waals surface area contributed by atoms with Crippen molar-refractivity contribution in [3.05, 3.63) is 117 Å². The van der Waals surface area contributed by atoms with E-state index in [-0.39, 0.29) is 35.6 Å². The first-order valence-electron chi connectivity index (χ1n) is 16.4. The van der Waals surface area contributed by atoms with Crippen molar-refractivity contribution in [2.24, 2.45) is 5.92 Å². The van der Waals surface area contributed by atoms with E-state index in [1.165, 1.54) is 26.6 Å². The van der Waals surface area contributed by atoms with Gasteiger partial charge in [0.25, 0.3) is 6.47 Å². The molecule has 15 heteroatoms. The Kier molecular flexibility index (Phi) is 13.1. The second-order valence-corrected chi connectivity index (χ2v) is 13.0. The van der Waals surface area contributed by atoms with Crippen LogP contribution in [0, 0.1) is 11.1 Å². The molecule has 0 saturated carbocycles. The van der Waals surface area contributed by atoms with E-state index in [9.17, 15) is 14.8 Å². The number of nitrogens with zero attached hydrogens (tertiary/aromatic N) is 4. The monoisotopic (exact) mass is 752 g/mol. The van der Waals surface area contributed by atoms with Gasteiger partial charge in [-0.15, -0.1) is 0 Å². The van der Waals surface area contributed by atoms with Crippen molar-refractivity contribution in [2.45, 2.75) is 38.0 Å². The van der Waals surface area contributed by atoms with Gasteiger partial charge in [-0.25, -0.2) is 9.59 Å². The van der Waals surface area contributed by atoms with Crippen molar-refractivity contribution in [1.29, 1.82) is 0 Å². The minimum atomic E-state index is -0.855. The first kappa shape index (κ1) is 38.1. The number of carbonyl (C=O) groups is 3. The highest BCUT2D eigenvalue weighted by molar-refractivity contribution is 6.35. The molecule has 52 heavy (non-hydrogen) atoms. The number of rotatable bonds is 11. The van der Waals surface area contributed by atoms with Gasteiger partial charge >= 0.3 is 12.1 Å². The molecule has 3 aliphatic heterocycles. The van der Waals surface area contributed by atoms with Crippen LogP contribution < -0.4 is 19.1 Å². The maximum atomic E-state index is 13.6. The molecule has 3 aliphatic rings. The topological polar surface area (TPSA) is 155 Å². The fourth-order valence-electron chi connectivity index (χ4n) is 6.33. The van der Waals surface area contributed by atoms with E-state index in [0.717, 1.165) is 38.0 Å². The van der Waals surface area contributed by atoms with Crippen LogP contribution in [-0.4, -0.2) is 73.5 Å². The van der Waals surface area contributed by atoms with E-state index in [2.05, 4.69) is 9.88 Å². The van der Waals surface area contributed by atoms with Gasteiger partial charge in [0, 0.05) is 24.7 Å². The van der Waals surface area contributed by atoms with Crippen molar-refractivity contribution in [3.63, 3.8) is 0 Å². The number of hydrogen-bond donors (Lipinski definition) is 1. The van der Waals surface area contributed by atoms with Gasteiger partial charge in [-0.3, -0.25) is 19.6 Å². The number of anilines is 1. The van der Waals surface area contributed by atoms with Crippen molar-refractivity contribution in [3.8, 4) is 11.5 Å². The number of aromatic nitrogens is 2. The van der Waals surface area contributed by atoms with Crippen molar-refractivity contribution < 1.29 is 43.2 Å². The maximum Gasteiger partial charge on any atom is 0.414 e. The first-order valence-corrected chi connectivity index (χ1v) is 17.2. The Morgan fingerprint density at radius 3 is 2.31 bits per heavy atom. The van der Waals surface area contributed by atoms with Gasteiger partial charge in [-0.2, -0.15) is 4.73 Å². The maximum absolute atomic E-state index is 13.6. The Morgan fingerprint density at radius 1 is 1.06 bits per heavy atom. The standard InChI is InChI=1S/C36H36Cl2N4O7.CH2O2/c1-46-31-10-9-26(16-33(31)47-2)32(17-28-29(37)20-41(45)21-30(28)38)48-35(43)25-7-5-23(6-8-25)19-42(27-4-3-13-39-18-27)36(44)49-34-22-40-14-11-24(34)12-15-40;2-1-3/h3-10,13,16,18,20-21,24,32,34H,11-12,14-15,17,19,22H2,1-2H3;1H,(H,2,3)/t32?,34-;/m0./s1. The van der Waals surface area contributed by atoms with E-state index in [0.29, 0.717) is 44.5 Å². The second kappa shape index (κ2) is 17.9. The van der Waals surface area contributed by atoms with E-state index >= 15 is 0 Å². The van der Waals surface area contributed by atoms with Gasteiger partial charge in [0.15, 0.2) is 23.9 Å². The largest absolute Gasteiger partial charge is 0.619 e. The molecule has 1 amide bonds. The number of halogens is 2. The lowest BCUT2D eigenvalue weighted by Gasteiger charge is -2.44. The highest BCUT2D eigenvalue weighted by atomic mass is 35.5. The zero-order chi connectivity index (χ0) is 37.2. The van der Waals surface area contributed by atoms with Gasteiger partial charge in [-0.05, 0) is 79.4 Å². The molecule has 5 heterocycles. The highest BCUT2D eigenvalue weighted by Crippen LogP contribution is 2.36. The summed E-state index contributed by atoms with van der Waals surface area (Å²) in [5.74, 6) is 0.718. The highest BCUT2D eigenvalue weighted by Gasteiger charge is 2.37. The number of fused-ring (bicyclic) bond motifs is 3. The summed E-state index contributed by atoms with van der Waals surface area (Å²) in [6.07, 6.45) is 6.36. The Balaban J connectivity index is 0.00000168. The van der Waals surface area contributed by atoms with Gasteiger partial charge in [0.05, 0.1) is 38.2 Å². The van der Waals surface area contributed by atoms with Crippen LogP contribution in [0.15, 0.2) is 79.4 Å². The molecule has 2 aromatic carbocycles. The van der Waals surface area contributed by atoms with Crippen molar-refractivity contribution in [1.82, 2.24) is 9.88 Å². The number of hydrogen-bond acceptors (Lipinski definition) is 10. The van der Waals surface area contributed by atoms with E-state index in [1.54, 1.807) is 65.8 Å². The molecule has 0 aliphatic carbocycles. The molecule has 274 valence electrons. The molecule has 13 nitrogen and oxygen atoms in total. The normalized spacial score (nSPS) is 17.9. The summed E-state index contributed by atoms with van der Waals surface area (Å²) < 4.78 is 23.5. The quantitative estimate of drug-likeness (QED) is 0.0816. The minimum Gasteiger partial charge on any atom is -0.619 e. The van der Waals surface area contributed by atoms with Gasteiger partial charge < -0.3 is 29.3 Å². The number of esters is 1. The number of piperidine rings is 3. The predicted molar refractivity (Wildman–Crippen MR) is 192 cm³/mol. The molecular formula is C37H38Cl2N4O9. The third-order valence-corrected chi connectivity index (χ3v) is 9.68. The fourth-order valence-corrected chi connectivity index (χ4v) is 6.93. The third-order valence-electron chi connectivity index (χ3n) is 9.03. The van der Waals surface area contributed by atoms with Gasteiger partial charge in [-0.1, -0.05) is 41.4 Å². The molecule has 1 N–H and O–H groups in total. The lowest BCUT2D eigenvalue weighted by Crippen LogP contribution is -2.53. The number of carbonyl (C=O) groups excluding carboxylic acids is 2. The van der Waals surface area contributed by atoms with Crippen molar-refractivity contribution in [2.75, 3.05) is 38.8 Å². The third kappa shape index (κ3) is 9.40. The molecular weight excluding hydrogens is 715 g/mol. The summed E-state index contributed by atoms with van der Waals surface area (Å²) in [4.78, 5) is 43.6. The average Bonchev–Trinajstić information content (AvgIpc) is 3.15. The van der Waals surface area contributed by atoms with Crippen molar-refractivity contribution >= 4 is 47.4 Å². The zero-order valence-electron chi connectivity index (χ0n) is 28.5. The number of ether oxygens (including phenoxy) is 4. The molecule has 0 radical (unpaired) electrons. The summed E-state index contributed by atoms with van der Waals surface area (Å²) in [6, 6.07) is 15.6. The Bertz CT molecular complexity index is 1820. The zero-order valence-corrected chi connectivity index (χ0v) is 30.0. The van der Waals surface area contributed by atoms with Crippen LogP contribution in [0.1, 0.15) is 46.0 Å². The predicted octanol–water partition coefficient (Wildman–Crippen LogP) is 6.12. The summed E-state index contributed by atoms with van der Waals surface area (Å²) in [7, 11) is 3.03. The summed E-state index contributed by atoms with van der Waals surface area (Å²) in [6.45, 7) is 2.80. The van der Waals surface area contributed by atoms with Gasteiger partial charge in [0.1, 0.15) is 22.3 Å². The molecule has 7 rings (SSSR count). The summed E-state index contributed by atoms with van der Waals surface area (Å²) in [5.41, 5.74) is 2.72. The van der Waals surface area contributed by atoms with Gasteiger partial charge in [0.2, 0.25) is 0 Å². The number of carboxylic acid groups (broad SMARTS) is 1. The molecule has 3 fully saturated rings. The van der Waals surface area contributed by atoms with Crippen LogP contribution in [-0.2, 0) is 27.2 Å². The fraction of sp³-hybridized carbons (Fsp3) is 0.324. The number of pyridine rings is 2. The van der Waals surface area contributed by atoms with Crippen LogP contribution >= 0.6 is 23.2 Å². The molecule has 0 spiro atoms. The molecule has 1 unspecified atom stereocenters. The number of amides is 1. The van der Waals surface area contributed by atoms with E-state index in [1.807, 2.05) is 6.07 Å². The SMILES string of the molecule is COc1ccc(C(Cc2c(Cl)c[n+]([O-])cc2Cl)OC(=O)c2ccc(CN(C(=O)O[C@H]3CN4CCC3CC4)c3cccnc3)cc2)cc1OC.O=CO. The molecule has 4 aromatic rings. The number of benzene rings is 2. The minimum absolute atomic E-state index is 0.0829. The Hall–Kier alpha value is -5.11. The van der Waals surface area contributed by atoms with Crippen LogP contribution in [0.5, 0.6) is 11.5 Å². The van der Waals surface area contributed by atoms with E-state index < -0.39 is 18.2 Å². The summed E-state index contributed by atoms with van der Waals surface area (Å²) in [5, 5.41) is 19.0. The second-order valence-electron chi connectivity index (χ2n) is 12.2. The molecule has 3 saturated heterocycles. The molecule has 2 bridgehead atoms. The van der Waals surface area contributed by atoms with Crippen LogP contribution in [0.4, 0.5) is 10.5 Å². The first-order chi connectivity index (χ1) is 25.1. The molecule has 2 aromatic heterocycles. The average molecular weight is 754 g/mol. The van der Waals surface area contributed by atoms with Crippen LogP contribution in [0.2, 0.25) is 10.0 Å². The Morgan fingerprint density at radius 2 is 1.73 bits per heavy atom. The Labute approximate surface area is 310 Å². The number of methoxy groups -OCH3 is 2. The van der Waals surface area contributed by atoms with E-state index in [4.69, 9.17) is 52.1 Å². The molecule has 2 atom stereocenters. The lowest BCUT2D eigenvalue weighted by atomic mass is 9.86. The summed E-state index contributed by atoms with van der Waals surface area (Å²) >= 11 is 12.8. The smallest absolute Gasteiger partial charge is 0.414 e.